The normalized spacial score (nSPS) is 11.5. The quantitative estimate of drug-likeness (QED) is 0.612. The van der Waals surface area contributed by atoms with E-state index in [9.17, 15) is 14.4 Å². The lowest BCUT2D eigenvalue weighted by Gasteiger charge is -2.14. The average molecular weight is 299 g/mol. The highest BCUT2D eigenvalue weighted by Gasteiger charge is 2.21. The zero-order chi connectivity index (χ0) is 15.8. The van der Waals surface area contributed by atoms with E-state index >= 15 is 0 Å². The number of aryl methyl sites for hydroxylation is 1. The molecular weight excluding hydrogens is 282 g/mol. The van der Waals surface area contributed by atoms with E-state index in [2.05, 4.69) is 20.4 Å². The van der Waals surface area contributed by atoms with Crippen molar-refractivity contribution in [2.75, 3.05) is 7.11 Å². The standard InChI is InChI=1S/C12H17N3O6/c1-7-5-13-9(21-7)6-14-12(19)15-8(11(17)18)3-4-10(16)20-2/h5,8H,3-4,6H2,1-2H3,(H,17,18)(H2,14,15,19)/t8-/m1/s1. The number of aromatic nitrogens is 1. The number of carbonyl (C=O) groups is 3. The molecular formula is C12H17N3O6. The second-order valence-electron chi connectivity index (χ2n) is 4.20. The molecule has 1 heterocycles. The Bertz CT molecular complexity index is 513. The fourth-order valence-electron chi connectivity index (χ4n) is 1.47. The van der Waals surface area contributed by atoms with Crippen molar-refractivity contribution in [3.63, 3.8) is 0 Å². The van der Waals surface area contributed by atoms with Gasteiger partial charge in [-0.25, -0.2) is 14.6 Å². The first-order chi connectivity index (χ1) is 9.92. The maximum atomic E-state index is 11.6. The minimum atomic E-state index is -1.24. The number of aliphatic carboxylic acids is 1. The van der Waals surface area contributed by atoms with Crippen molar-refractivity contribution in [1.29, 1.82) is 0 Å². The van der Waals surface area contributed by atoms with Crippen LogP contribution in [0.25, 0.3) is 0 Å². The molecule has 0 bridgehead atoms. The summed E-state index contributed by atoms with van der Waals surface area (Å²) in [5.74, 6) is -0.863. The van der Waals surface area contributed by atoms with Crippen LogP contribution in [0.4, 0.5) is 4.79 Å². The van der Waals surface area contributed by atoms with E-state index in [-0.39, 0.29) is 19.4 Å². The second-order valence-corrected chi connectivity index (χ2v) is 4.20. The van der Waals surface area contributed by atoms with E-state index in [0.717, 1.165) is 0 Å². The third-order valence-corrected chi connectivity index (χ3v) is 2.54. The summed E-state index contributed by atoms with van der Waals surface area (Å²) in [6, 6.07) is -1.88. The third kappa shape index (κ3) is 5.93. The van der Waals surface area contributed by atoms with Crippen LogP contribution in [0.15, 0.2) is 10.6 Å². The number of rotatable bonds is 7. The van der Waals surface area contributed by atoms with Gasteiger partial charge in [0.05, 0.1) is 19.9 Å². The van der Waals surface area contributed by atoms with Gasteiger partial charge in [0.2, 0.25) is 5.89 Å². The molecule has 0 spiro atoms. The maximum absolute atomic E-state index is 11.6. The van der Waals surface area contributed by atoms with Crippen LogP contribution in [0.2, 0.25) is 0 Å². The zero-order valence-electron chi connectivity index (χ0n) is 11.7. The summed E-state index contributed by atoms with van der Waals surface area (Å²) in [6.45, 7) is 1.74. The van der Waals surface area contributed by atoms with Crippen LogP contribution in [0.5, 0.6) is 0 Å². The largest absolute Gasteiger partial charge is 0.480 e. The van der Waals surface area contributed by atoms with E-state index < -0.39 is 24.0 Å². The number of oxazole rings is 1. The topological polar surface area (TPSA) is 131 Å². The van der Waals surface area contributed by atoms with Crippen molar-refractivity contribution in [2.45, 2.75) is 32.4 Å². The van der Waals surface area contributed by atoms with Gasteiger partial charge in [0.25, 0.3) is 0 Å². The Morgan fingerprint density at radius 2 is 2.19 bits per heavy atom. The fourth-order valence-corrected chi connectivity index (χ4v) is 1.47. The van der Waals surface area contributed by atoms with Gasteiger partial charge in [0.1, 0.15) is 11.8 Å². The molecule has 21 heavy (non-hydrogen) atoms. The van der Waals surface area contributed by atoms with Crippen LogP contribution in [0.3, 0.4) is 0 Å². The predicted octanol–water partition coefficient (Wildman–Crippen LogP) is 0.189. The Balaban J connectivity index is 2.41. The summed E-state index contributed by atoms with van der Waals surface area (Å²) >= 11 is 0. The highest BCUT2D eigenvalue weighted by atomic mass is 16.5. The van der Waals surface area contributed by atoms with Crippen molar-refractivity contribution >= 4 is 18.0 Å². The number of esters is 1. The van der Waals surface area contributed by atoms with E-state index in [4.69, 9.17) is 9.52 Å². The van der Waals surface area contributed by atoms with E-state index in [1.54, 1.807) is 6.92 Å². The number of nitrogens with one attached hydrogen (secondary N) is 2. The maximum Gasteiger partial charge on any atom is 0.326 e. The Kier molecular flexibility index (Phi) is 6.18. The monoisotopic (exact) mass is 299 g/mol. The van der Waals surface area contributed by atoms with Crippen molar-refractivity contribution in [2.24, 2.45) is 0 Å². The lowest BCUT2D eigenvalue weighted by molar-refractivity contribution is -0.142. The minimum absolute atomic E-state index is 0.0308. The predicted molar refractivity (Wildman–Crippen MR) is 69.3 cm³/mol. The van der Waals surface area contributed by atoms with Crippen LogP contribution >= 0.6 is 0 Å². The molecule has 0 unspecified atom stereocenters. The molecule has 1 aromatic rings. The van der Waals surface area contributed by atoms with Crippen LogP contribution in [0.1, 0.15) is 24.5 Å². The molecule has 0 saturated carbocycles. The molecule has 1 atom stereocenters. The summed E-state index contributed by atoms with van der Waals surface area (Å²) in [6.07, 6.45) is 1.34. The molecule has 116 valence electrons. The molecule has 0 fully saturated rings. The van der Waals surface area contributed by atoms with Crippen LogP contribution in [-0.2, 0) is 20.9 Å². The first-order valence-corrected chi connectivity index (χ1v) is 6.17. The first kappa shape index (κ1) is 16.5. The number of carboxylic acid groups (broad SMARTS) is 1. The van der Waals surface area contributed by atoms with Crippen molar-refractivity contribution in [3.8, 4) is 0 Å². The first-order valence-electron chi connectivity index (χ1n) is 6.17. The molecule has 1 aromatic heterocycles. The smallest absolute Gasteiger partial charge is 0.326 e. The number of urea groups is 1. The molecule has 2 amide bonds. The van der Waals surface area contributed by atoms with Crippen molar-refractivity contribution in [3.05, 3.63) is 17.8 Å². The number of carbonyl (C=O) groups excluding carboxylic acids is 2. The third-order valence-electron chi connectivity index (χ3n) is 2.54. The number of nitrogens with zero attached hydrogens (tertiary/aromatic N) is 1. The Labute approximate surface area is 120 Å². The molecule has 0 aliphatic rings. The highest BCUT2D eigenvalue weighted by molar-refractivity contribution is 5.83. The number of methoxy groups -OCH3 is 1. The zero-order valence-corrected chi connectivity index (χ0v) is 11.7. The summed E-state index contributed by atoms with van der Waals surface area (Å²) in [5.41, 5.74) is 0. The number of amides is 2. The van der Waals surface area contributed by atoms with Crippen LogP contribution in [-0.4, -0.2) is 41.2 Å². The molecule has 0 radical (unpaired) electrons. The highest BCUT2D eigenvalue weighted by Crippen LogP contribution is 2.02. The van der Waals surface area contributed by atoms with Gasteiger partial charge >= 0.3 is 18.0 Å². The number of ether oxygens (including phenoxy) is 1. The SMILES string of the molecule is COC(=O)CC[C@@H](NC(=O)NCc1ncc(C)o1)C(=O)O. The molecule has 3 N–H and O–H groups in total. The minimum Gasteiger partial charge on any atom is -0.480 e. The molecule has 1 rings (SSSR count). The molecule has 9 nitrogen and oxygen atoms in total. The van der Waals surface area contributed by atoms with Gasteiger partial charge < -0.3 is 24.9 Å². The van der Waals surface area contributed by atoms with Gasteiger partial charge in [-0.15, -0.1) is 0 Å². The number of carboxylic acids is 1. The van der Waals surface area contributed by atoms with Gasteiger partial charge in [-0.05, 0) is 13.3 Å². The van der Waals surface area contributed by atoms with E-state index in [0.29, 0.717) is 11.7 Å². The Morgan fingerprint density at radius 3 is 2.71 bits per heavy atom. The van der Waals surface area contributed by atoms with E-state index in [1.165, 1.54) is 13.3 Å². The molecule has 9 heteroatoms. The molecule has 0 aromatic carbocycles. The molecule has 0 aliphatic heterocycles. The Morgan fingerprint density at radius 1 is 1.48 bits per heavy atom. The fraction of sp³-hybridized carbons (Fsp3) is 0.500. The van der Waals surface area contributed by atoms with E-state index in [1.807, 2.05) is 0 Å². The van der Waals surface area contributed by atoms with Crippen LogP contribution < -0.4 is 10.6 Å². The van der Waals surface area contributed by atoms with Gasteiger partial charge in [-0.3, -0.25) is 4.79 Å². The summed E-state index contributed by atoms with van der Waals surface area (Å²) in [7, 11) is 1.20. The lowest BCUT2D eigenvalue weighted by atomic mass is 10.1. The molecule has 0 aliphatic carbocycles. The Hall–Kier alpha value is -2.58. The van der Waals surface area contributed by atoms with Crippen molar-refractivity contribution in [1.82, 2.24) is 15.6 Å². The van der Waals surface area contributed by atoms with Gasteiger partial charge in [0, 0.05) is 6.42 Å². The molecule has 0 saturated heterocycles. The van der Waals surface area contributed by atoms with Crippen molar-refractivity contribution < 1.29 is 28.6 Å². The van der Waals surface area contributed by atoms with Gasteiger partial charge in [-0.1, -0.05) is 0 Å². The summed E-state index contributed by atoms with van der Waals surface area (Å²) in [5, 5.41) is 13.6. The summed E-state index contributed by atoms with van der Waals surface area (Å²) < 4.78 is 9.56. The second kappa shape index (κ2) is 7.88. The van der Waals surface area contributed by atoms with Crippen LogP contribution in [0, 0.1) is 6.92 Å². The average Bonchev–Trinajstić information content (AvgIpc) is 2.86. The van der Waals surface area contributed by atoms with Gasteiger partial charge in [0.15, 0.2) is 0 Å². The summed E-state index contributed by atoms with van der Waals surface area (Å²) in [4.78, 5) is 37.4. The number of hydrogen-bond acceptors (Lipinski definition) is 6. The lowest BCUT2D eigenvalue weighted by Crippen LogP contribution is -2.46. The number of hydrogen-bond donors (Lipinski definition) is 3. The van der Waals surface area contributed by atoms with Gasteiger partial charge in [-0.2, -0.15) is 0 Å².